The van der Waals surface area contributed by atoms with Crippen LogP contribution in [0.5, 0.6) is 5.75 Å². The Labute approximate surface area is 119 Å². The molecule has 0 spiro atoms. The number of aryl methyl sites for hydroxylation is 2. The summed E-state index contributed by atoms with van der Waals surface area (Å²) in [7, 11) is 3.51. The lowest BCUT2D eigenvalue weighted by molar-refractivity contribution is -0.117. The number of hydrogen-bond donors (Lipinski definition) is 0. The van der Waals surface area contributed by atoms with Crippen molar-refractivity contribution < 1.29 is 9.53 Å². The molecule has 0 atom stereocenters. The van der Waals surface area contributed by atoms with Crippen LogP contribution in [0.1, 0.15) is 23.9 Å². The maximum atomic E-state index is 12.1. The number of benzene rings is 1. The van der Waals surface area contributed by atoms with Crippen LogP contribution in [0.4, 0.5) is 0 Å². The molecule has 0 amide bonds. The van der Waals surface area contributed by atoms with E-state index in [0.717, 1.165) is 29.1 Å². The topological polar surface area (TPSA) is 44.1 Å². The van der Waals surface area contributed by atoms with E-state index in [1.54, 1.807) is 11.8 Å². The number of carbonyl (C=O) groups is 1. The summed E-state index contributed by atoms with van der Waals surface area (Å²) in [5.74, 6) is 0.966. The number of hydrogen-bond acceptors (Lipinski definition) is 3. The van der Waals surface area contributed by atoms with Crippen LogP contribution < -0.4 is 4.74 Å². The lowest BCUT2D eigenvalue weighted by Gasteiger charge is -2.04. The zero-order valence-electron chi connectivity index (χ0n) is 12.2. The number of carbonyl (C=O) groups excluding carboxylic acids is 1. The Hall–Kier alpha value is -2.10. The number of ketones is 1. The van der Waals surface area contributed by atoms with Gasteiger partial charge in [-0.1, -0.05) is 19.1 Å². The summed E-state index contributed by atoms with van der Waals surface area (Å²) in [5, 5.41) is 4.36. The zero-order chi connectivity index (χ0) is 14.5. The summed E-state index contributed by atoms with van der Waals surface area (Å²) in [6, 6.07) is 9.63. The van der Waals surface area contributed by atoms with Crippen molar-refractivity contribution in [3.63, 3.8) is 0 Å². The number of rotatable bonds is 6. The van der Waals surface area contributed by atoms with Gasteiger partial charge in [-0.05, 0) is 30.2 Å². The minimum absolute atomic E-state index is 0.184. The number of nitrogens with zero attached hydrogens (tertiary/aromatic N) is 2. The third kappa shape index (κ3) is 3.47. The Morgan fingerprint density at radius 3 is 2.75 bits per heavy atom. The van der Waals surface area contributed by atoms with Crippen LogP contribution in [0.25, 0.3) is 0 Å². The Morgan fingerprint density at radius 2 is 2.10 bits per heavy atom. The van der Waals surface area contributed by atoms with Crippen molar-refractivity contribution in [3.8, 4) is 5.75 Å². The van der Waals surface area contributed by atoms with Crippen LogP contribution in [0.15, 0.2) is 30.3 Å². The summed E-state index contributed by atoms with van der Waals surface area (Å²) in [6.07, 6.45) is 1.72. The van der Waals surface area contributed by atoms with E-state index in [2.05, 4.69) is 12.0 Å². The second-order valence-electron chi connectivity index (χ2n) is 4.85. The number of methoxy groups -OCH3 is 1. The Kier molecular flexibility index (Phi) is 4.56. The summed E-state index contributed by atoms with van der Waals surface area (Å²) in [4.78, 5) is 12.1. The van der Waals surface area contributed by atoms with Gasteiger partial charge >= 0.3 is 0 Å². The predicted octanol–water partition coefficient (Wildman–Crippen LogP) is 2.35. The largest absolute Gasteiger partial charge is 0.497 e. The van der Waals surface area contributed by atoms with Crippen molar-refractivity contribution in [3.05, 3.63) is 47.3 Å². The Balaban J connectivity index is 2.02. The van der Waals surface area contributed by atoms with Gasteiger partial charge in [-0.25, -0.2) is 0 Å². The first-order valence-corrected chi connectivity index (χ1v) is 6.78. The van der Waals surface area contributed by atoms with Gasteiger partial charge in [-0.15, -0.1) is 0 Å². The SMILES string of the molecule is CCc1cc(CC(=O)Cc2cccc(OC)c2)n(C)n1. The minimum Gasteiger partial charge on any atom is -0.497 e. The normalized spacial score (nSPS) is 10.6. The average Bonchev–Trinajstić information content (AvgIpc) is 2.79. The smallest absolute Gasteiger partial charge is 0.143 e. The van der Waals surface area contributed by atoms with Gasteiger partial charge in [0.15, 0.2) is 0 Å². The highest BCUT2D eigenvalue weighted by molar-refractivity contribution is 5.82. The van der Waals surface area contributed by atoms with Gasteiger partial charge < -0.3 is 4.74 Å². The molecule has 0 saturated heterocycles. The summed E-state index contributed by atoms with van der Waals surface area (Å²) < 4.78 is 6.96. The van der Waals surface area contributed by atoms with Crippen molar-refractivity contribution in [2.45, 2.75) is 26.2 Å². The third-order valence-corrected chi connectivity index (χ3v) is 3.30. The van der Waals surface area contributed by atoms with Crippen LogP contribution in [-0.4, -0.2) is 22.7 Å². The summed E-state index contributed by atoms with van der Waals surface area (Å²) in [6.45, 7) is 2.06. The van der Waals surface area contributed by atoms with Crippen LogP contribution >= 0.6 is 0 Å². The third-order valence-electron chi connectivity index (χ3n) is 3.30. The molecule has 2 aromatic rings. The van der Waals surface area contributed by atoms with Crippen LogP contribution in [0.3, 0.4) is 0 Å². The first-order valence-electron chi connectivity index (χ1n) is 6.78. The van der Waals surface area contributed by atoms with Crippen molar-refractivity contribution in [1.82, 2.24) is 9.78 Å². The minimum atomic E-state index is 0.184. The van der Waals surface area contributed by atoms with Gasteiger partial charge in [-0.2, -0.15) is 5.10 Å². The lowest BCUT2D eigenvalue weighted by Crippen LogP contribution is -2.10. The molecule has 1 aromatic carbocycles. The molecule has 0 aliphatic carbocycles. The van der Waals surface area contributed by atoms with E-state index >= 15 is 0 Å². The van der Waals surface area contributed by atoms with Gasteiger partial charge in [0.05, 0.1) is 12.8 Å². The molecular weight excluding hydrogens is 252 g/mol. The van der Waals surface area contributed by atoms with Crippen LogP contribution in [0, 0.1) is 0 Å². The first-order chi connectivity index (χ1) is 9.62. The Bertz CT molecular complexity index is 602. The first kappa shape index (κ1) is 14.3. The van der Waals surface area contributed by atoms with Gasteiger partial charge in [0, 0.05) is 25.6 Å². The van der Waals surface area contributed by atoms with E-state index in [1.807, 2.05) is 37.4 Å². The van der Waals surface area contributed by atoms with Gasteiger partial charge in [0.2, 0.25) is 0 Å². The fourth-order valence-corrected chi connectivity index (χ4v) is 2.18. The summed E-state index contributed by atoms with van der Waals surface area (Å²) in [5.41, 5.74) is 2.97. The molecule has 1 heterocycles. The van der Waals surface area contributed by atoms with Gasteiger partial charge in [0.1, 0.15) is 11.5 Å². The maximum absolute atomic E-state index is 12.1. The van der Waals surface area contributed by atoms with E-state index in [9.17, 15) is 4.79 Å². The molecule has 1 aromatic heterocycles. The quantitative estimate of drug-likeness (QED) is 0.810. The van der Waals surface area contributed by atoms with E-state index in [4.69, 9.17) is 4.74 Å². The molecule has 4 heteroatoms. The molecule has 0 bridgehead atoms. The molecule has 0 aliphatic heterocycles. The van der Waals surface area contributed by atoms with E-state index in [0.29, 0.717) is 12.8 Å². The highest BCUT2D eigenvalue weighted by atomic mass is 16.5. The van der Waals surface area contributed by atoms with E-state index < -0.39 is 0 Å². The molecule has 0 N–H and O–H groups in total. The predicted molar refractivity (Wildman–Crippen MR) is 78.0 cm³/mol. The lowest BCUT2D eigenvalue weighted by atomic mass is 10.1. The molecule has 4 nitrogen and oxygen atoms in total. The fourth-order valence-electron chi connectivity index (χ4n) is 2.18. The van der Waals surface area contributed by atoms with Crippen molar-refractivity contribution in [2.75, 3.05) is 7.11 Å². The van der Waals surface area contributed by atoms with E-state index in [-0.39, 0.29) is 5.78 Å². The van der Waals surface area contributed by atoms with Crippen molar-refractivity contribution >= 4 is 5.78 Å². The molecule has 0 radical (unpaired) electrons. The van der Waals surface area contributed by atoms with Gasteiger partial charge in [0.25, 0.3) is 0 Å². The van der Waals surface area contributed by atoms with Crippen LogP contribution in [-0.2, 0) is 31.1 Å². The highest BCUT2D eigenvalue weighted by Crippen LogP contribution is 2.14. The zero-order valence-corrected chi connectivity index (χ0v) is 12.2. The number of aromatic nitrogens is 2. The molecule has 2 rings (SSSR count). The molecule has 0 fully saturated rings. The second-order valence-corrected chi connectivity index (χ2v) is 4.85. The van der Waals surface area contributed by atoms with Crippen LogP contribution in [0.2, 0.25) is 0 Å². The standard InChI is InChI=1S/C16H20N2O2/c1-4-13-10-14(18(2)17-13)11-15(19)8-12-6-5-7-16(9-12)20-3/h5-7,9-10H,4,8,11H2,1-3H3. The van der Waals surface area contributed by atoms with Crippen molar-refractivity contribution in [1.29, 1.82) is 0 Å². The maximum Gasteiger partial charge on any atom is 0.143 e. The Morgan fingerprint density at radius 1 is 1.30 bits per heavy atom. The number of ether oxygens (including phenoxy) is 1. The summed E-state index contributed by atoms with van der Waals surface area (Å²) >= 11 is 0. The second kappa shape index (κ2) is 6.37. The molecular formula is C16H20N2O2. The monoisotopic (exact) mass is 272 g/mol. The van der Waals surface area contributed by atoms with Gasteiger partial charge in [-0.3, -0.25) is 9.48 Å². The fraction of sp³-hybridized carbons (Fsp3) is 0.375. The molecule has 0 unspecified atom stereocenters. The average molecular weight is 272 g/mol. The molecule has 0 saturated carbocycles. The van der Waals surface area contributed by atoms with Crippen molar-refractivity contribution in [2.24, 2.45) is 7.05 Å². The molecule has 20 heavy (non-hydrogen) atoms. The van der Waals surface area contributed by atoms with E-state index in [1.165, 1.54) is 0 Å². The molecule has 106 valence electrons. The number of Topliss-reactive ketones (excluding diaryl/α,β-unsaturated/α-hetero) is 1. The highest BCUT2D eigenvalue weighted by Gasteiger charge is 2.10. The molecule has 0 aliphatic rings.